The topological polar surface area (TPSA) is 52.5 Å². The molecule has 1 fully saturated rings. The first kappa shape index (κ1) is 13.2. The molecule has 0 amide bonds. The van der Waals surface area contributed by atoms with Crippen molar-refractivity contribution in [2.45, 2.75) is 44.9 Å². The van der Waals surface area contributed by atoms with Crippen LogP contribution in [-0.2, 0) is 0 Å². The quantitative estimate of drug-likeness (QED) is 0.622. The summed E-state index contributed by atoms with van der Waals surface area (Å²) < 4.78 is 18.7. The zero-order valence-electron chi connectivity index (χ0n) is 8.92. The minimum atomic E-state index is -2.36. The molecule has 1 aliphatic rings. The van der Waals surface area contributed by atoms with Gasteiger partial charge in [-0.05, 0) is 19.4 Å². The first-order chi connectivity index (χ1) is 6.11. The Hall–Kier alpha value is 0.230. The van der Waals surface area contributed by atoms with Gasteiger partial charge in [0.2, 0.25) is 0 Å². The highest BCUT2D eigenvalue weighted by Gasteiger charge is 2.21. The zero-order valence-corrected chi connectivity index (χ0v) is 9.73. The molecule has 4 heteroatoms. The van der Waals surface area contributed by atoms with Crippen molar-refractivity contribution < 1.29 is 9.11 Å². The fourth-order valence-corrected chi connectivity index (χ4v) is 2.42. The van der Waals surface area contributed by atoms with Gasteiger partial charge in [-0.25, -0.2) is 0 Å². The maximum atomic E-state index is 9.34. The van der Waals surface area contributed by atoms with E-state index in [9.17, 15) is 9.11 Å². The van der Waals surface area contributed by atoms with Gasteiger partial charge < -0.3 is 0 Å². The Labute approximate surface area is 83.3 Å². The van der Waals surface area contributed by atoms with Crippen LogP contribution in [-0.4, -0.2) is 27.3 Å². The van der Waals surface area contributed by atoms with Crippen LogP contribution in [0.15, 0.2) is 0 Å². The lowest BCUT2D eigenvalue weighted by Crippen LogP contribution is -2.32. The minimum absolute atomic E-state index is 0.0648. The van der Waals surface area contributed by atoms with Gasteiger partial charge in [0.1, 0.15) is 0 Å². The lowest BCUT2D eigenvalue weighted by molar-refractivity contribution is 0.455. The van der Waals surface area contributed by atoms with E-state index in [0.717, 1.165) is 25.8 Å². The molecular weight excluding hydrogens is 186 g/mol. The molecule has 0 aromatic rings. The SMILES string of the molecule is CC.CS(O)(O)C1CCCCCN1. The van der Waals surface area contributed by atoms with E-state index in [4.69, 9.17) is 0 Å². The molecule has 0 aliphatic carbocycles. The second kappa shape index (κ2) is 6.65. The summed E-state index contributed by atoms with van der Waals surface area (Å²) in [5.41, 5.74) is 0. The lowest BCUT2D eigenvalue weighted by atomic mass is 10.2. The van der Waals surface area contributed by atoms with Crippen LogP contribution in [0.25, 0.3) is 0 Å². The molecule has 1 saturated heterocycles. The largest absolute Gasteiger partial charge is 0.298 e. The van der Waals surface area contributed by atoms with Crippen LogP contribution in [0.2, 0.25) is 0 Å². The second-order valence-corrected chi connectivity index (χ2v) is 5.54. The normalized spacial score (nSPS) is 25.5. The summed E-state index contributed by atoms with van der Waals surface area (Å²) in [4.78, 5) is 0. The molecule has 82 valence electrons. The zero-order chi connectivity index (χ0) is 10.3. The van der Waals surface area contributed by atoms with Crippen LogP contribution in [0, 0.1) is 0 Å². The molecule has 1 unspecified atom stereocenters. The number of nitrogens with one attached hydrogen (secondary N) is 1. The summed E-state index contributed by atoms with van der Waals surface area (Å²) in [5.74, 6) is 0. The van der Waals surface area contributed by atoms with Crippen molar-refractivity contribution in [2.75, 3.05) is 12.8 Å². The summed E-state index contributed by atoms with van der Waals surface area (Å²) in [7, 11) is -2.36. The monoisotopic (exact) mass is 209 g/mol. The highest BCUT2D eigenvalue weighted by molar-refractivity contribution is 8.24. The third-order valence-corrected chi connectivity index (χ3v) is 3.53. The van der Waals surface area contributed by atoms with Gasteiger partial charge in [-0.2, -0.15) is 10.6 Å². The van der Waals surface area contributed by atoms with Crippen LogP contribution < -0.4 is 5.32 Å². The smallest absolute Gasteiger partial charge is 0.0974 e. The molecule has 0 aromatic carbocycles. The van der Waals surface area contributed by atoms with Crippen LogP contribution in [0.3, 0.4) is 0 Å². The fraction of sp³-hybridized carbons (Fsp3) is 1.00. The minimum Gasteiger partial charge on any atom is -0.298 e. The summed E-state index contributed by atoms with van der Waals surface area (Å²) in [5, 5.41) is 3.09. The molecule has 0 bridgehead atoms. The van der Waals surface area contributed by atoms with Crippen molar-refractivity contribution in [3.05, 3.63) is 0 Å². The molecule has 1 heterocycles. The van der Waals surface area contributed by atoms with Gasteiger partial charge in [-0.15, -0.1) is 0 Å². The van der Waals surface area contributed by atoms with Crippen molar-refractivity contribution in [1.82, 2.24) is 5.32 Å². The molecule has 1 aliphatic heterocycles. The van der Waals surface area contributed by atoms with E-state index >= 15 is 0 Å². The van der Waals surface area contributed by atoms with E-state index < -0.39 is 10.6 Å². The van der Waals surface area contributed by atoms with Crippen molar-refractivity contribution in [2.24, 2.45) is 0 Å². The molecular formula is C9H23NO2S. The van der Waals surface area contributed by atoms with Crippen LogP contribution in [0.4, 0.5) is 0 Å². The lowest BCUT2D eigenvalue weighted by Gasteiger charge is -2.36. The van der Waals surface area contributed by atoms with Gasteiger partial charge in [-0.1, -0.05) is 26.7 Å². The molecule has 3 N–H and O–H groups in total. The molecule has 0 saturated carbocycles. The first-order valence-electron chi connectivity index (χ1n) is 5.06. The Bertz CT molecular complexity index is 117. The van der Waals surface area contributed by atoms with Crippen LogP contribution >= 0.6 is 10.6 Å². The van der Waals surface area contributed by atoms with E-state index in [2.05, 4.69) is 5.32 Å². The average molecular weight is 209 g/mol. The third-order valence-electron chi connectivity index (χ3n) is 2.05. The van der Waals surface area contributed by atoms with Crippen LogP contribution in [0.1, 0.15) is 39.5 Å². The predicted octanol–water partition coefficient (Wildman–Crippen LogP) is 2.88. The molecule has 1 atom stereocenters. The molecule has 0 spiro atoms. The molecule has 1 rings (SSSR count). The van der Waals surface area contributed by atoms with Crippen molar-refractivity contribution in [3.8, 4) is 0 Å². The van der Waals surface area contributed by atoms with Crippen molar-refractivity contribution in [3.63, 3.8) is 0 Å². The summed E-state index contributed by atoms with van der Waals surface area (Å²) >= 11 is 0. The summed E-state index contributed by atoms with van der Waals surface area (Å²) in [6, 6.07) is 0. The Morgan fingerprint density at radius 3 is 2.31 bits per heavy atom. The highest BCUT2D eigenvalue weighted by Crippen LogP contribution is 2.41. The van der Waals surface area contributed by atoms with Gasteiger partial charge in [0.15, 0.2) is 0 Å². The van der Waals surface area contributed by atoms with Crippen molar-refractivity contribution in [1.29, 1.82) is 0 Å². The highest BCUT2D eigenvalue weighted by atomic mass is 32.3. The molecule has 13 heavy (non-hydrogen) atoms. The van der Waals surface area contributed by atoms with Crippen LogP contribution in [0.5, 0.6) is 0 Å². The van der Waals surface area contributed by atoms with Gasteiger partial charge in [0, 0.05) is 6.26 Å². The molecule has 0 aromatic heterocycles. The van der Waals surface area contributed by atoms with E-state index in [1.807, 2.05) is 13.8 Å². The van der Waals surface area contributed by atoms with Gasteiger partial charge >= 0.3 is 0 Å². The summed E-state index contributed by atoms with van der Waals surface area (Å²) in [6.07, 6.45) is 5.90. The Kier molecular flexibility index (Phi) is 6.77. The van der Waals surface area contributed by atoms with E-state index in [1.165, 1.54) is 12.7 Å². The Morgan fingerprint density at radius 1 is 1.15 bits per heavy atom. The molecule has 0 radical (unpaired) electrons. The summed E-state index contributed by atoms with van der Waals surface area (Å²) in [6.45, 7) is 4.92. The Balaban J connectivity index is 0.000000671. The first-order valence-corrected chi connectivity index (χ1v) is 7.08. The average Bonchev–Trinajstić information content (AvgIpc) is 2.34. The number of rotatable bonds is 1. The second-order valence-electron chi connectivity index (χ2n) is 3.19. The third kappa shape index (κ3) is 5.52. The number of hydrogen-bond donors (Lipinski definition) is 3. The fourth-order valence-electron chi connectivity index (χ4n) is 1.38. The van der Waals surface area contributed by atoms with Gasteiger partial charge in [-0.3, -0.25) is 14.4 Å². The predicted molar refractivity (Wildman–Crippen MR) is 60.4 cm³/mol. The van der Waals surface area contributed by atoms with E-state index in [-0.39, 0.29) is 5.37 Å². The van der Waals surface area contributed by atoms with Gasteiger partial charge in [0.25, 0.3) is 0 Å². The van der Waals surface area contributed by atoms with E-state index in [0.29, 0.717) is 0 Å². The van der Waals surface area contributed by atoms with Crippen molar-refractivity contribution >= 4 is 10.6 Å². The molecule has 3 nitrogen and oxygen atoms in total. The maximum absolute atomic E-state index is 9.34. The van der Waals surface area contributed by atoms with E-state index in [1.54, 1.807) is 0 Å². The van der Waals surface area contributed by atoms with Gasteiger partial charge in [0.05, 0.1) is 5.37 Å². The number of hydrogen-bond acceptors (Lipinski definition) is 3. The Morgan fingerprint density at radius 2 is 1.77 bits per heavy atom. The maximum Gasteiger partial charge on any atom is 0.0974 e. The standard InChI is InChI=1S/C7H17NO2S.C2H6/c1-11(9,10)7-5-3-2-4-6-8-7;1-2/h7-10H,2-6H2,1H3;1-2H3.